The number of imidazole rings is 1. The van der Waals surface area contributed by atoms with Gasteiger partial charge in [-0.1, -0.05) is 6.58 Å². The summed E-state index contributed by atoms with van der Waals surface area (Å²) in [6, 6.07) is 5.74. The third-order valence-corrected chi connectivity index (χ3v) is 5.08. The summed E-state index contributed by atoms with van der Waals surface area (Å²) >= 11 is 0. The third-order valence-electron chi connectivity index (χ3n) is 5.08. The minimum absolute atomic E-state index is 0.422. The Balaban J connectivity index is 1.87. The molecule has 0 unspecified atom stereocenters. The molecule has 3 rings (SSSR count). The molecule has 160 valence electrons. The molecule has 0 aliphatic heterocycles. The van der Waals surface area contributed by atoms with Gasteiger partial charge in [0, 0.05) is 23.6 Å². The molecule has 0 fully saturated rings. The Bertz CT molecular complexity index is 995. The van der Waals surface area contributed by atoms with Crippen molar-refractivity contribution in [3.05, 3.63) is 60.1 Å². The summed E-state index contributed by atoms with van der Waals surface area (Å²) in [7, 11) is 1.63. The molecular weight excluding hydrogens is 378 g/mol. The first-order chi connectivity index (χ1) is 14.2. The largest absolute Gasteiger partial charge is 0.494 e. The molecule has 1 aliphatic carbocycles. The summed E-state index contributed by atoms with van der Waals surface area (Å²) in [6.07, 6.45) is 7.44. The molecule has 0 spiro atoms. The number of aliphatic hydroxyl groups is 1. The number of hydrogen-bond acceptors (Lipinski definition) is 6. The van der Waals surface area contributed by atoms with Crippen molar-refractivity contribution in [1.82, 2.24) is 9.55 Å². The maximum atomic E-state index is 10.7. The van der Waals surface area contributed by atoms with E-state index >= 15 is 0 Å². The van der Waals surface area contributed by atoms with Crippen LogP contribution in [0.4, 0.5) is 5.69 Å². The number of benzene rings is 1. The van der Waals surface area contributed by atoms with Gasteiger partial charge >= 0.3 is 0 Å². The Morgan fingerprint density at radius 2 is 2.07 bits per heavy atom. The van der Waals surface area contributed by atoms with E-state index < -0.39 is 5.60 Å². The van der Waals surface area contributed by atoms with Crippen molar-refractivity contribution in [1.29, 1.82) is 0 Å². The normalized spacial score (nSPS) is 15.3. The van der Waals surface area contributed by atoms with Crippen LogP contribution in [0.25, 0.3) is 5.69 Å². The smallest absolute Gasteiger partial charge is 0.144 e. The molecule has 0 radical (unpaired) electrons. The number of anilines is 1. The molecule has 0 saturated carbocycles. The van der Waals surface area contributed by atoms with Gasteiger partial charge in [-0.25, -0.2) is 9.98 Å². The van der Waals surface area contributed by atoms with E-state index in [1.807, 2.05) is 35.9 Å². The van der Waals surface area contributed by atoms with E-state index in [0.717, 1.165) is 54.0 Å². The molecule has 2 aromatic rings. The highest BCUT2D eigenvalue weighted by atomic mass is 16.5. The minimum atomic E-state index is -1.12. The van der Waals surface area contributed by atoms with Crippen molar-refractivity contribution < 1.29 is 9.84 Å². The van der Waals surface area contributed by atoms with Crippen LogP contribution in [0.3, 0.4) is 0 Å². The summed E-state index contributed by atoms with van der Waals surface area (Å²) in [5.74, 6) is 1.11. The second-order valence-electron chi connectivity index (χ2n) is 8.11. The number of aromatic nitrogens is 2. The van der Waals surface area contributed by atoms with Crippen LogP contribution in [0.15, 0.2) is 59.4 Å². The van der Waals surface area contributed by atoms with E-state index in [-0.39, 0.29) is 0 Å². The number of rotatable bonds is 7. The maximum Gasteiger partial charge on any atom is 0.144 e. The van der Waals surface area contributed by atoms with Crippen molar-refractivity contribution in [3.8, 4) is 11.4 Å². The topological polar surface area (TPSA) is 97.7 Å². The molecule has 4 N–H and O–H groups in total. The summed E-state index contributed by atoms with van der Waals surface area (Å²) in [5.41, 5.74) is 10.00. The van der Waals surface area contributed by atoms with Gasteiger partial charge in [0.2, 0.25) is 0 Å². The summed E-state index contributed by atoms with van der Waals surface area (Å²) in [5, 5.41) is 13.9. The molecule has 1 aromatic heterocycles. The number of aryl methyl sites for hydroxylation is 1. The first kappa shape index (κ1) is 21.6. The van der Waals surface area contributed by atoms with E-state index in [1.54, 1.807) is 27.3 Å². The number of nitrogens with zero attached hydrogens (tertiary/aromatic N) is 3. The number of allylic oxidation sites excluding steroid dienone is 1. The monoisotopic (exact) mass is 409 g/mol. The predicted octanol–water partition coefficient (Wildman–Crippen LogP) is 4.07. The van der Waals surface area contributed by atoms with Gasteiger partial charge in [-0.05, 0) is 64.2 Å². The molecule has 1 aromatic carbocycles. The molecule has 0 atom stereocenters. The standard InChI is InChI=1S/C23H31N5O2/c1-15-13-28(14-25-15)20-11-10-17(12-21(20)30-5)26-16(2)27-22(23(3,4)29)18-8-6-7-9-19(18)24/h10-14,26,29H,2,6-9,24H2,1,3-5H3. The van der Waals surface area contributed by atoms with E-state index in [9.17, 15) is 5.11 Å². The van der Waals surface area contributed by atoms with Gasteiger partial charge in [0.15, 0.2) is 0 Å². The fourth-order valence-corrected chi connectivity index (χ4v) is 3.62. The van der Waals surface area contributed by atoms with E-state index in [1.165, 1.54) is 0 Å². The Morgan fingerprint density at radius 3 is 2.67 bits per heavy atom. The van der Waals surface area contributed by atoms with Crippen LogP contribution >= 0.6 is 0 Å². The number of nitrogens with one attached hydrogen (secondary N) is 1. The summed E-state index contributed by atoms with van der Waals surface area (Å²) in [6.45, 7) is 9.42. The van der Waals surface area contributed by atoms with Crippen LogP contribution in [-0.4, -0.2) is 33.1 Å². The van der Waals surface area contributed by atoms with Gasteiger partial charge < -0.3 is 25.5 Å². The van der Waals surface area contributed by atoms with Crippen molar-refractivity contribution in [2.45, 2.75) is 52.1 Å². The molecule has 7 heteroatoms. The van der Waals surface area contributed by atoms with Gasteiger partial charge in [0.05, 0.1) is 30.5 Å². The Morgan fingerprint density at radius 1 is 1.33 bits per heavy atom. The molecular formula is C23H31N5O2. The quantitative estimate of drug-likeness (QED) is 0.599. The zero-order chi connectivity index (χ0) is 21.9. The van der Waals surface area contributed by atoms with Gasteiger partial charge in [-0.2, -0.15) is 0 Å². The number of methoxy groups -OCH3 is 1. The van der Waals surface area contributed by atoms with Gasteiger partial charge in [-0.15, -0.1) is 0 Å². The first-order valence-corrected chi connectivity index (χ1v) is 10.1. The molecule has 1 heterocycles. The van der Waals surface area contributed by atoms with Crippen LogP contribution in [-0.2, 0) is 0 Å². The highest BCUT2D eigenvalue weighted by molar-refractivity contribution is 6.06. The van der Waals surface area contributed by atoms with Crippen molar-refractivity contribution in [2.24, 2.45) is 10.7 Å². The fourth-order valence-electron chi connectivity index (χ4n) is 3.62. The Hall–Kier alpha value is -3.06. The van der Waals surface area contributed by atoms with E-state index in [2.05, 4.69) is 21.9 Å². The van der Waals surface area contributed by atoms with Crippen molar-refractivity contribution in [2.75, 3.05) is 12.4 Å². The summed E-state index contributed by atoms with van der Waals surface area (Å²) < 4.78 is 7.47. The molecule has 0 amide bonds. The molecule has 1 aliphatic rings. The molecule has 30 heavy (non-hydrogen) atoms. The highest BCUT2D eigenvalue weighted by Crippen LogP contribution is 2.29. The van der Waals surface area contributed by atoms with Crippen LogP contribution in [0.2, 0.25) is 0 Å². The predicted molar refractivity (Wildman–Crippen MR) is 121 cm³/mol. The number of hydrogen-bond donors (Lipinski definition) is 3. The lowest BCUT2D eigenvalue weighted by molar-refractivity contribution is 0.154. The molecule has 7 nitrogen and oxygen atoms in total. The van der Waals surface area contributed by atoms with Crippen molar-refractivity contribution in [3.63, 3.8) is 0 Å². The Labute approximate surface area is 178 Å². The van der Waals surface area contributed by atoms with Gasteiger partial charge in [-0.3, -0.25) is 0 Å². The van der Waals surface area contributed by atoms with Crippen LogP contribution in [0.1, 0.15) is 45.2 Å². The lowest BCUT2D eigenvalue weighted by Gasteiger charge is -2.27. The third kappa shape index (κ3) is 4.91. The number of aliphatic imine (C=N–C) groups is 1. The lowest BCUT2D eigenvalue weighted by Crippen LogP contribution is -2.35. The van der Waals surface area contributed by atoms with Crippen LogP contribution in [0.5, 0.6) is 5.75 Å². The van der Waals surface area contributed by atoms with Gasteiger partial charge in [0.1, 0.15) is 17.2 Å². The van der Waals surface area contributed by atoms with Crippen molar-refractivity contribution >= 4 is 11.4 Å². The highest BCUT2D eigenvalue weighted by Gasteiger charge is 2.28. The SMILES string of the molecule is C=C(N=C(C1=C(N)CCCC1)C(C)(C)O)Nc1ccc(-n2cnc(C)c2)c(OC)c1. The Kier molecular flexibility index (Phi) is 6.31. The zero-order valence-electron chi connectivity index (χ0n) is 18.2. The average Bonchev–Trinajstić information content (AvgIpc) is 3.12. The minimum Gasteiger partial charge on any atom is -0.494 e. The fraction of sp³-hybridized carbons (Fsp3) is 0.391. The van der Waals surface area contributed by atoms with E-state index in [0.29, 0.717) is 17.3 Å². The second-order valence-corrected chi connectivity index (χ2v) is 8.11. The lowest BCUT2D eigenvalue weighted by atomic mass is 9.86. The maximum absolute atomic E-state index is 10.7. The van der Waals surface area contributed by atoms with Gasteiger partial charge in [0.25, 0.3) is 0 Å². The average molecular weight is 410 g/mol. The second kappa shape index (κ2) is 8.75. The summed E-state index contributed by atoms with van der Waals surface area (Å²) in [4.78, 5) is 8.89. The van der Waals surface area contributed by atoms with Crippen LogP contribution < -0.4 is 15.8 Å². The zero-order valence-corrected chi connectivity index (χ0v) is 18.2. The van der Waals surface area contributed by atoms with Crippen LogP contribution in [0, 0.1) is 6.92 Å². The number of nitrogens with two attached hydrogens (primary N) is 1. The first-order valence-electron chi connectivity index (χ1n) is 10.1. The van der Waals surface area contributed by atoms with E-state index in [4.69, 9.17) is 10.5 Å². The number of ether oxygens (including phenoxy) is 1. The molecule has 0 bridgehead atoms. The molecule has 0 saturated heterocycles.